The molecule has 0 amide bonds. The van der Waals surface area contributed by atoms with Crippen LogP contribution in [0.1, 0.15) is 137 Å². The number of carbonyl (C=O) groups is 1. The second-order valence-electron chi connectivity index (χ2n) is 9.43. The van der Waals surface area contributed by atoms with Gasteiger partial charge in [0.1, 0.15) is 0 Å². The first-order valence-corrected chi connectivity index (χ1v) is 16.8. The van der Waals surface area contributed by atoms with Crippen LogP contribution < -0.4 is 0 Å². The minimum Gasteiger partial charge on any atom is -0.472 e. The monoisotopic (exact) mass is 524 g/mol. The van der Waals surface area contributed by atoms with E-state index in [1.165, 1.54) is 51.4 Å². The van der Waals surface area contributed by atoms with Crippen LogP contribution in [0.4, 0.5) is 4.79 Å². The van der Waals surface area contributed by atoms with Crippen molar-refractivity contribution in [3.63, 3.8) is 0 Å². The van der Waals surface area contributed by atoms with Gasteiger partial charge in [0.05, 0.1) is 18.0 Å². The molecule has 0 rings (SSSR count). The van der Waals surface area contributed by atoms with Crippen LogP contribution in [0.25, 0.3) is 0 Å². The Labute approximate surface area is 212 Å². The molecule has 4 unspecified atom stereocenters. The maximum Gasteiger partial charge on any atom is 0.438 e. The Hall–Kier alpha value is -0.230. The van der Waals surface area contributed by atoms with Gasteiger partial charge in [-0.2, -0.15) is 0 Å². The third kappa shape index (κ3) is 16.4. The summed E-state index contributed by atoms with van der Waals surface area (Å²) in [5, 5.41) is 9.08. The summed E-state index contributed by atoms with van der Waals surface area (Å²) in [6.45, 7) is 7.97. The highest BCUT2D eigenvalue weighted by Crippen LogP contribution is 2.50. The Morgan fingerprint density at radius 1 is 0.794 bits per heavy atom. The molecule has 0 heterocycles. The lowest BCUT2D eigenvalue weighted by Gasteiger charge is -2.26. The molecule has 0 aromatic rings. The molecule has 8 heteroatoms. The molecule has 0 aliphatic rings. The van der Waals surface area contributed by atoms with Crippen LogP contribution in [0.2, 0.25) is 0 Å². The summed E-state index contributed by atoms with van der Waals surface area (Å²) in [5.41, 5.74) is -1.57. The van der Waals surface area contributed by atoms with E-state index in [1.54, 1.807) is 6.92 Å². The first-order chi connectivity index (χ1) is 16.3. The molecule has 0 saturated carbocycles. The molecule has 0 bridgehead atoms. The van der Waals surface area contributed by atoms with Crippen LogP contribution in [0.3, 0.4) is 0 Å². The molecule has 0 aromatic carbocycles. The van der Waals surface area contributed by atoms with Crippen molar-refractivity contribution in [2.45, 2.75) is 148 Å². The lowest BCUT2D eigenvalue weighted by molar-refractivity contribution is 0.141. The van der Waals surface area contributed by atoms with E-state index in [1.807, 2.05) is 6.92 Å². The summed E-state index contributed by atoms with van der Waals surface area (Å²) in [4.78, 5) is 11.6. The fourth-order valence-electron chi connectivity index (χ4n) is 4.04. The van der Waals surface area contributed by atoms with Crippen molar-refractivity contribution < 1.29 is 27.7 Å². The van der Waals surface area contributed by atoms with Crippen molar-refractivity contribution in [3.05, 3.63) is 0 Å². The number of unbranched alkanes of at least 4 members (excludes halogenated alkanes) is 13. The van der Waals surface area contributed by atoms with Gasteiger partial charge in [0.15, 0.2) is 0 Å². The predicted molar refractivity (Wildman–Crippen MR) is 144 cm³/mol. The summed E-state index contributed by atoms with van der Waals surface area (Å²) in [6, 6.07) is 0. The van der Waals surface area contributed by atoms with Gasteiger partial charge in [0.2, 0.25) is 0 Å². The third-order valence-electron chi connectivity index (χ3n) is 6.16. The van der Waals surface area contributed by atoms with Gasteiger partial charge in [0.25, 0.3) is 0 Å². The van der Waals surface area contributed by atoms with E-state index >= 15 is 0 Å². The van der Waals surface area contributed by atoms with E-state index in [0.717, 1.165) is 44.9 Å². The van der Waals surface area contributed by atoms with Gasteiger partial charge in [-0.05, 0) is 26.2 Å². The molecule has 204 valence electrons. The molecule has 0 aliphatic carbocycles. The molecule has 0 saturated heterocycles. The zero-order chi connectivity index (χ0) is 25.7. The lowest BCUT2D eigenvalue weighted by Crippen LogP contribution is -2.32. The van der Waals surface area contributed by atoms with Gasteiger partial charge in [-0.1, -0.05) is 111 Å². The van der Waals surface area contributed by atoms with Crippen LogP contribution in [0.5, 0.6) is 0 Å². The molecule has 0 aromatic heterocycles. The van der Waals surface area contributed by atoms with Crippen molar-refractivity contribution in [1.82, 2.24) is 0 Å². The van der Waals surface area contributed by atoms with Crippen LogP contribution in [0.15, 0.2) is 0 Å². The first kappa shape index (κ1) is 33.8. The molecular weight excluding hydrogens is 471 g/mol. The summed E-state index contributed by atoms with van der Waals surface area (Å²) < 4.78 is 36.5. The third-order valence-corrected chi connectivity index (χ3v) is 9.74. The minimum atomic E-state index is -4.28. The van der Waals surface area contributed by atoms with Gasteiger partial charge < -0.3 is 9.63 Å². The number of rotatable bonds is 25. The fraction of sp³-hybridized carbons (Fsp3) is 0.962. The molecule has 0 spiro atoms. The summed E-state index contributed by atoms with van der Waals surface area (Å²) in [5.74, 6) is 0.580. The highest BCUT2D eigenvalue weighted by molar-refractivity contribution is 7.85. The average molecular weight is 525 g/mol. The van der Waals surface area contributed by atoms with Crippen LogP contribution in [0, 0.1) is 0 Å². The maximum absolute atomic E-state index is 13.2. The Bertz CT molecular complexity index is 571. The largest absolute Gasteiger partial charge is 0.472 e. The second-order valence-corrected chi connectivity index (χ2v) is 13.1. The average Bonchev–Trinajstić information content (AvgIpc) is 2.80. The van der Waals surface area contributed by atoms with E-state index in [4.69, 9.17) is 9.05 Å². The topological polar surface area (TPSA) is 89.9 Å². The van der Waals surface area contributed by atoms with E-state index < -0.39 is 30.2 Å². The predicted octanol–water partition coefficient (Wildman–Crippen LogP) is 9.09. The smallest absolute Gasteiger partial charge is 0.438 e. The number of hydrogen-bond donors (Lipinski definition) is 1. The van der Waals surface area contributed by atoms with E-state index in [9.17, 15) is 18.7 Å². The van der Waals surface area contributed by atoms with Gasteiger partial charge in [0, 0.05) is 16.6 Å². The number of carboxylic acid groups (broad SMARTS) is 1. The van der Waals surface area contributed by atoms with Crippen molar-refractivity contribution in [2.75, 3.05) is 12.4 Å². The van der Waals surface area contributed by atoms with Crippen LogP contribution in [-0.2, 0) is 24.4 Å². The van der Waals surface area contributed by atoms with Crippen molar-refractivity contribution >= 4 is 24.1 Å². The Kier molecular flexibility index (Phi) is 21.9. The number of hydrogen-bond acceptors (Lipinski definition) is 5. The fourth-order valence-corrected chi connectivity index (χ4v) is 7.10. The first-order valence-electron chi connectivity index (χ1n) is 13.9. The summed E-state index contributed by atoms with van der Waals surface area (Å²) in [7, 11) is -5.44. The van der Waals surface area contributed by atoms with Gasteiger partial charge in [-0.25, -0.2) is 9.36 Å². The van der Waals surface area contributed by atoms with Crippen molar-refractivity contribution in [1.29, 1.82) is 0 Å². The maximum atomic E-state index is 13.2. The second kappa shape index (κ2) is 22.0. The molecule has 0 radical (unpaired) electrons. The Balaban J connectivity index is 4.67. The van der Waals surface area contributed by atoms with Crippen LogP contribution >= 0.6 is 7.60 Å². The van der Waals surface area contributed by atoms with Crippen molar-refractivity contribution in [3.8, 4) is 0 Å². The molecule has 4 atom stereocenters. The molecule has 6 nitrogen and oxygen atoms in total. The molecule has 0 aliphatic heterocycles. The van der Waals surface area contributed by atoms with Gasteiger partial charge in [-0.3, -0.25) is 8.73 Å². The molecular formula is C26H53O6PS. The highest BCUT2D eigenvalue weighted by Gasteiger charge is 2.39. The van der Waals surface area contributed by atoms with E-state index in [2.05, 4.69) is 13.8 Å². The zero-order valence-electron chi connectivity index (χ0n) is 22.4. The highest BCUT2D eigenvalue weighted by atomic mass is 32.2. The van der Waals surface area contributed by atoms with E-state index in [-0.39, 0.29) is 11.9 Å². The molecule has 34 heavy (non-hydrogen) atoms. The quantitative estimate of drug-likeness (QED) is 0.0946. The Morgan fingerprint density at radius 2 is 1.26 bits per heavy atom. The molecule has 0 fully saturated rings. The summed E-state index contributed by atoms with van der Waals surface area (Å²) >= 11 is 0. The summed E-state index contributed by atoms with van der Waals surface area (Å²) in [6.07, 6.45) is 18.2. The van der Waals surface area contributed by atoms with Crippen LogP contribution in [-0.4, -0.2) is 38.7 Å². The lowest BCUT2D eigenvalue weighted by atomic mass is 10.1. The zero-order valence-corrected chi connectivity index (χ0v) is 24.1. The standard InChI is InChI=1S/C26H53O6PS/c1-5-8-10-12-13-14-15-16-18-20-23-34(30)25(21-19-17-11-9-6-2)24(4)32-33(29,26(27)28)31-22-7-3/h24-25H,5-23H2,1-4H3,(H,27,28). The normalized spacial score (nSPS) is 16.1. The Morgan fingerprint density at radius 3 is 1.74 bits per heavy atom. The van der Waals surface area contributed by atoms with E-state index in [0.29, 0.717) is 18.6 Å². The SMILES string of the molecule is CCCCCCCCCCCCS(=O)C(CCCCCCC)C(C)OP(=O)(OCCC)C(=O)O. The molecule has 1 N–H and O–H groups in total. The van der Waals surface area contributed by atoms with Gasteiger partial charge in [-0.15, -0.1) is 0 Å². The van der Waals surface area contributed by atoms with Gasteiger partial charge >= 0.3 is 13.3 Å². The van der Waals surface area contributed by atoms with Crippen molar-refractivity contribution in [2.24, 2.45) is 0 Å². The minimum absolute atomic E-state index is 0.0552.